The van der Waals surface area contributed by atoms with Gasteiger partial charge in [-0.25, -0.2) is 4.98 Å². The summed E-state index contributed by atoms with van der Waals surface area (Å²) in [4.78, 5) is 10.1. The third-order valence-electron chi connectivity index (χ3n) is 7.82. The number of furan rings is 1. The highest BCUT2D eigenvalue weighted by atomic mass is 16.3. The van der Waals surface area contributed by atoms with E-state index >= 15 is 0 Å². The second-order valence-corrected chi connectivity index (χ2v) is 10.4. The second kappa shape index (κ2) is 8.24. The van der Waals surface area contributed by atoms with Crippen LogP contribution in [-0.2, 0) is 0 Å². The maximum atomic E-state index is 6.27. The average molecular weight is 501 g/mol. The Morgan fingerprint density at radius 1 is 0.538 bits per heavy atom. The van der Waals surface area contributed by atoms with Crippen LogP contribution in [0.2, 0.25) is 0 Å². The monoisotopic (exact) mass is 500 g/mol. The van der Waals surface area contributed by atoms with Gasteiger partial charge in [0, 0.05) is 32.7 Å². The third kappa shape index (κ3) is 3.37. The van der Waals surface area contributed by atoms with Gasteiger partial charge in [0.1, 0.15) is 11.2 Å². The Balaban J connectivity index is 1.28. The first-order chi connectivity index (χ1) is 19.1. The molecule has 0 amide bonds. The highest BCUT2D eigenvalue weighted by molar-refractivity contribution is 6.23. The Bertz CT molecular complexity index is 2240. The number of aromatic nitrogens is 2. The largest absolute Gasteiger partial charge is 0.455 e. The molecular formula is C36H24N2O. The predicted molar refractivity (Wildman–Crippen MR) is 162 cm³/mol. The van der Waals surface area contributed by atoms with Gasteiger partial charge in [0.25, 0.3) is 0 Å². The smallest absolute Gasteiger partial charge is 0.143 e. The van der Waals surface area contributed by atoms with Gasteiger partial charge >= 0.3 is 0 Å². The van der Waals surface area contributed by atoms with Crippen molar-refractivity contribution < 1.29 is 4.42 Å². The van der Waals surface area contributed by atoms with Crippen molar-refractivity contribution in [1.82, 2.24) is 9.97 Å². The van der Waals surface area contributed by atoms with Crippen LogP contribution < -0.4 is 0 Å². The topological polar surface area (TPSA) is 38.9 Å². The maximum absolute atomic E-state index is 6.27. The molecule has 0 spiro atoms. The van der Waals surface area contributed by atoms with Gasteiger partial charge in [0.05, 0.1) is 22.9 Å². The lowest BCUT2D eigenvalue weighted by Crippen LogP contribution is -1.93. The molecule has 0 unspecified atom stereocenters. The van der Waals surface area contributed by atoms with Crippen LogP contribution in [0.4, 0.5) is 0 Å². The van der Waals surface area contributed by atoms with Gasteiger partial charge in [-0.2, -0.15) is 0 Å². The van der Waals surface area contributed by atoms with Crippen LogP contribution in [0.15, 0.2) is 114 Å². The number of nitrogens with zero attached hydrogens (tertiary/aromatic N) is 2. The van der Waals surface area contributed by atoms with E-state index in [0.29, 0.717) is 0 Å². The minimum Gasteiger partial charge on any atom is -0.455 e. The first-order valence-electron chi connectivity index (χ1n) is 13.2. The lowest BCUT2D eigenvalue weighted by molar-refractivity contribution is 0.670. The van der Waals surface area contributed by atoms with Crippen LogP contribution in [0.1, 0.15) is 11.1 Å². The van der Waals surface area contributed by atoms with Gasteiger partial charge < -0.3 is 4.42 Å². The molecule has 2 aromatic heterocycles. The van der Waals surface area contributed by atoms with Crippen molar-refractivity contribution in [3.05, 3.63) is 120 Å². The highest BCUT2D eigenvalue weighted by Crippen LogP contribution is 2.37. The molecule has 6 aromatic carbocycles. The Morgan fingerprint density at radius 2 is 1.21 bits per heavy atom. The summed E-state index contributed by atoms with van der Waals surface area (Å²) in [5.74, 6) is 0. The van der Waals surface area contributed by atoms with Crippen molar-refractivity contribution in [2.45, 2.75) is 13.8 Å². The lowest BCUT2D eigenvalue weighted by atomic mass is 9.96. The molecule has 39 heavy (non-hydrogen) atoms. The summed E-state index contributed by atoms with van der Waals surface area (Å²) in [6.07, 6.45) is 1.90. The molecule has 0 fully saturated rings. The molecular weight excluding hydrogens is 476 g/mol. The van der Waals surface area contributed by atoms with Crippen LogP contribution in [-0.4, -0.2) is 9.97 Å². The summed E-state index contributed by atoms with van der Waals surface area (Å²) in [5, 5.41) is 7.01. The fraction of sp³-hybridized carbons (Fsp3) is 0.0556. The Morgan fingerprint density at radius 3 is 1.97 bits per heavy atom. The molecule has 0 saturated carbocycles. The van der Waals surface area contributed by atoms with E-state index in [0.717, 1.165) is 66.1 Å². The molecule has 0 aliphatic carbocycles. The molecule has 8 rings (SSSR count). The summed E-state index contributed by atoms with van der Waals surface area (Å²) >= 11 is 0. The van der Waals surface area contributed by atoms with Gasteiger partial charge in [-0.1, -0.05) is 108 Å². The number of aryl methyl sites for hydroxylation is 2. The number of para-hydroxylation sites is 2. The molecule has 0 radical (unpaired) electrons. The number of hydrogen-bond donors (Lipinski definition) is 0. The highest BCUT2D eigenvalue weighted by Gasteiger charge is 2.14. The first kappa shape index (κ1) is 22.0. The molecule has 0 aliphatic rings. The van der Waals surface area contributed by atoms with Crippen LogP contribution in [0.3, 0.4) is 0 Å². The van der Waals surface area contributed by atoms with Crippen LogP contribution in [0.25, 0.3) is 76.9 Å². The van der Waals surface area contributed by atoms with E-state index in [-0.39, 0.29) is 0 Å². The molecule has 2 heterocycles. The van der Waals surface area contributed by atoms with E-state index in [1.54, 1.807) is 0 Å². The fourth-order valence-electron chi connectivity index (χ4n) is 5.88. The summed E-state index contributed by atoms with van der Waals surface area (Å²) in [6, 6.07) is 36.3. The van der Waals surface area contributed by atoms with Crippen molar-refractivity contribution in [1.29, 1.82) is 0 Å². The number of rotatable bonds is 2. The van der Waals surface area contributed by atoms with Gasteiger partial charge in [-0.05, 0) is 36.2 Å². The SMILES string of the molecule is Cc1ccc2c(c1)c1cc(C)ccc1c1nc(-c3ccc(-c4cccc5c4oc4ccccc45)cc3)cnc21. The van der Waals surface area contributed by atoms with Crippen molar-refractivity contribution in [3.63, 3.8) is 0 Å². The van der Waals surface area contributed by atoms with E-state index in [2.05, 4.69) is 105 Å². The molecule has 3 nitrogen and oxygen atoms in total. The molecule has 0 atom stereocenters. The van der Waals surface area contributed by atoms with E-state index in [1.807, 2.05) is 18.3 Å². The summed E-state index contributed by atoms with van der Waals surface area (Å²) in [7, 11) is 0. The van der Waals surface area contributed by atoms with Gasteiger partial charge in [-0.15, -0.1) is 0 Å². The Kier molecular flexibility index (Phi) is 4.65. The molecule has 0 aliphatic heterocycles. The summed E-state index contributed by atoms with van der Waals surface area (Å²) in [5.41, 5.74) is 10.3. The van der Waals surface area contributed by atoms with Crippen LogP contribution in [0, 0.1) is 13.8 Å². The normalized spacial score (nSPS) is 11.8. The van der Waals surface area contributed by atoms with E-state index in [9.17, 15) is 0 Å². The standard InChI is InChI=1S/C36H24N2O/c1-21-10-16-27-30(18-21)31-19-22(2)11-17-28(31)35-34(27)37-20-32(38-35)24-14-12-23(13-15-24)25-7-5-8-29-26-6-3-4-9-33(26)39-36(25)29/h3-20H,1-2H3. The number of benzene rings is 6. The maximum Gasteiger partial charge on any atom is 0.143 e. The molecule has 3 heteroatoms. The molecule has 0 bridgehead atoms. The molecule has 184 valence electrons. The van der Waals surface area contributed by atoms with Crippen LogP contribution in [0.5, 0.6) is 0 Å². The van der Waals surface area contributed by atoms with Gasteiger partial charge in [0.2, 0.25) is 0 Å². The number of hydrogen-bond acceptors (Lipinski definition) is 3. The van der Waals surface area contributed by atoms with Crippen molar-refractivity contribution in [2.24, 2.45) is 0 Å². The van der Waals surface area contributed by atoms with Gasteiger partial charge in [0.15, 0.2) is 0 Å². The number of fused-ring (bicyclic) bond motifs is 9. The van der Waals surface area contributed by atoms with E-state index in [1.165, 1.54) is 21.9 Å². The van der Waals surface area contributed by atoms with E-state index in [4.69, 9.17) is 14.4 Å². The molecule has 0 N–H and O–H groups in total. The zero-order chi connectivity index (χ0) is 26.1. The Hall–Kier alpha value is -5.02. The Labute approximate surface area is 225 Å². The third-order valence-corrected chi connectivity index (χ3v) is 7.82. The van der Waals surface area contributed by atoms with Crippen molar-refractivity contribution >= 4 is 54.5 Å². The predicted octanol–water partition coefficient (Wildman–Crippen LogP) is 9.79. The quantitative estimate of drug-likeness (QED) is 0.222. The average Bonchev–Trinajstić information content (AvgIpc) is 3.36. The van der Waals surface area contributed by atoms with Crippen molar-refractivity contribution in [3.8, 4) is 22.4 Å². The zero-order valence-corrected chi connectivity index (χ0v) is 21.7. The lowest BCUT2D eigenvalue weighted by Gasteiger charge is -2.12. The first-order valence-corrected chi connectivity index (χ1v) is 13.2. The minimum absolute atomic E-state index is 0.865. The van der Waals surface area contributed by atoms with Gasteiger partial charge in [-0.3, -0.25) is 4.98 Å². The summed E-state index contributed by atoms with van der Waals surface area (Å²) in [6.45, 7) is 4.28. The van der Waals surface area contributed by atoms with E-state index < -0.39 is 0 Å². The zero-order valence-electron chi connectivity index (χ0n) is 21.7. The minimum atomic E-state index is 0.865. The summed E-state index contributed by atoms with van der Waals surface area (Å²) < 4.78 is 6.27. The molecule has 8 aromatic rings. The van der Waals surface area contributed by atoms with Crippen molar-refractivity contribution in [2.75, 3.05) is 0 Å². The fourth-order valence-corrected chi connectivity index (χ4v) is 5.88. The second-order valence-electron chi connectivity index (χ2n) is 10.4. The van der Waals surface area contributed by atoms with Crippen LogP contribution >= 0.6 is 0 Å². The molecule has 0 saturated heterocycles.